The molecular formula is C16H21N3S2. The summed E-state index contributed by atoms with van der Waals surface area (Å²) in [5, 5.41) is 6.97. The number of aromatic nitrogens is 1. The topological polar surface area (TPSA) is 28.2 Å². The molecule has 2 saturated carbocycles. The lowest BCUT2D eigenvalue weighted by Gasteiger charge is -2.14. The normalized spacial score (nSPS) is 18.1. The predicted molar refractivity (Wildman–Crippen MR) is 90.4 cm³/mol. The zero-order valence-electron chi connectivity index (χ0n) is 12.3. The van der Waals surface area contributed by atoms with Crippen molar-refractivity contribution in [3.63, 3.8) is 0 Å². The van der Waals surface area contributed by atoms with E-state index in [2.05, 4.69) is 34.8 Å². The van der Waals surface area contributed by atoms with Gasteiger partial charge in [0.1, 0.15) is 0 Å². The molecule has 2 aliphatic carbocycles. The third kappa shape index (κ3) is 3.30. The first-order valence-electron chi connectivity index (χ1n) is 7.76. The van der Waals surface area contributed by atoms with Gasteiger partial charge in [0.2, 0.25) is 0 Å². The Labute approximate surface area is 134 Å². The van der Waals surface area contributed by atoms with Gasteiger partial charge in [-0.15, -0.1) is 22.7 Å². The highest BCUT2D eigenvalue weighted by Crippen LogP contribution is 2.44. The van der Waals surface area contributed by atoms with Crippen LogP contribution in [0.2, 0.25) is 0 Å². The van der Waals surface area contributed by atoms with Gasteiger partial charge in [-0.3, -0.25) is 0 Å². The van der Waals surface area contributed by atoms with Crippen molar-refractivity contribution in [3.05, 3.63) is 33.0 Å². The van der Waals surface area contributed by atoms with Gasteiger partial charge in [0, 0.05) is 35.3 Å². The first-order valence-corrected chi connectivity index (χ1v) is 9.45. The van der Waals surface area contributed by atoms with Crippen molar-refractivity contribution in [2.24, 2.45) is 0 Å². The second-order valence-corrected chi connectivity index (χ2v) is 8.26. The number of rotatable bonds is 7. The van der Waals surface area contributed by atoms with Gasteiger partial charge in [-0.2, -0.15) is 0 Å². The molecule has 0 atom stereocenters. The third-order valence-electron chi connectivity index (χ3n) is 4.11. The second kappa shape index (κ2) is 5.71. The van der Waals surface area contributed by atoms with Crippen molar-refractivity contribution in [2.75, 3.05) is 11.9 Å². The van der Waals surface area contributed by atoms with Crippen molar-refractivity contribution in [1.82, 2.24) is 10.3 Å². The highest BCUT2D eigenvalue weighted by Gasteiger charge is 2.31. The number of thiazole rings is 1. The van der Waals surface area contributed by atoms with Gasteiger partial charge in [0.25, 0.3) is 0 Å². The fraction of sp³-hybridized carbons (Fsp3) is 0.562. The Kier molecular flexibility index (Phi) is 3.73. The molecule has 2 aromatic heterocycles. The molecular weight excluding hydrogens is 298 g/mol. The van der Waals surface area contributed by atoms with Crippen LogP contribution in [0.15, 0.2) is 17.5 Å². The Morgan fingerprint density at radius 2 is 2.19 bits per heavy atom. The molecule has 0 aliphatic heterocycles. The van der Waals surface area contributed by atoms with Crippen LogP contribution in [0.5, 0.6) is 0 Å². The maximum atomic E-state index is 4.96. The molecule has 112 valence electrons. The summed E-state index contributed by atoms with van der Waals surface area (Å²) in [5.41, 5.74) is 1.38. The van der Waals surface area contributed by atoms with E-state index in [-0.39, 0.29) is 0 Å². The SMILES string of the molecule is CN(Cc1cccs1)c1nc(C2CC2)c(CNC2CC2)s1. The van der Waals surface area contributed by atoms with Gasteiger partial charge in [-0.1, -0.05) is 6.07 Å². The summed E-state index contributed by atoms with van der Waals surface area (Å²) < 4.78 is 0. The fourth-order valence-electron chi connectivity index (χ4n) is 2.54. The lowest BCUT2D eigenvalue weighted by Crippen LogP contribution is -2.15. The Morgan fingerprint density at radius 1 is 1.33 bits per heavy atom. The van der Waals surface area contributed by atoms with Crippen molar-refractivity contribution in [2.45, 2.75) is 50.7 Å². The Morgan fingerprint density at radius 3 is 2.86 bits per heavy atom. The molecule has 3 nitrogen and oxygen atoms in total. The van der Waals surface area contributed by atoms with Gasteiger partial charge < -0.3 is 10.2 Å². The number of thiophene rings is 1. The molecule has 4 rings (SSSR count). The summed E-state index contributed by atoms with van der Waals surface area (Å²) in [6, 6.07) is 5.09. The zero-order valence-corrected chi connectivity index (χ0v) is 14.0. The Hall–Kier alpha value is -0.910. The average molecular weight is 319 g/mol. The standard InChI is InChI=1S/C16H21N3S2/c1-19(10-13-3-2-8-20-13)16-18-15(11-4-5-11)14(21-16)9-17-12-6-7-12/h2-3,8,11-12,17H,4-7,9-10H2,1H3. The van der Waals surface area contributed by atoms with Gasteiger partial charge in [0.05, 0.1) is 12.2 Å². The number of nitrogens with one attached hydrogen (secondary N) is 1. The van der Waals surface area contributed by atoms with Gasteiger partial charge in [-0.25, -0.2) is 4.98 Å². The molecule has 21 heavy (non-hydrogen) atoms. The summed E-state index contributed by atoms with van der Waals surface area (Å²) in [4.78, 5) is 10.1. The van der Waals surface area contributed by atoms with E-state index in [4.69, 9.17) is 4.98 Å². The lowest BCUT2D eigenvalue weighted by atomic mass is 10.2. The Balaban J connectivity index is 1.49. The molecule has 0 amide bonds. The molecule has 0 unspecified atom stereocenters. The smallest absolute Gasteiger partial charge is 0.185 e. The van der Waals surface area contributed by atoms with Gasteiger partial charge in [0.15, 0.2) is 5.13 Å². The van der Waals surface area contributed by atoms with E-state index in [0.717, 1.165) is 25.0 Å². The summed E-state index contributed by atoms with van der Waals surface area (Å²) in [5.74, 6) is 0.737. The van der Waals surface area contributed by atoms with E-state index >= 15 is 0 Å². The van der Waals surface area contributed by atoms with Gasteiger partial charge >= 0.3 is 0 Å². The number of hydrogen-bond donors (Lipinski definition) is 1. The average Bonchev–Trinajstić information content (AvgIpc) is 3.40. The molecule has 0 saturated heterocycles. The monoisotopic (exact) mass is 319 g/mol. The largest absolute Gasteiger partial charge is 0.346 e. The van der Waals surface area contributed by atoms with Gasteiger partial charge in [-0.05, 0) is 37.1 Å². The molecule has 2 aromatic rings. The first kappa shape index (κ1) is 13.7. The van der Waals surface area contributed by atoms with Crippen LogP contribution in [0.1, 0.15) is 47.0 Å². The van der Waals surface area contributed by atoms with E-state index in [9.17, 15) is 0 Å². The van der Waals surface area contributed by atoms with E-state index in [1.54, 1.807) is 0 Å². The zero-order chi connectivity index (χ0) is 14.2. The molecule has 2 aliphatic rings. The van der Waals surface area contributed by atoms with Crippen molar-refractivity contribution in [3.8, 4) is 0 Å². The van der Waals surface area contributed by atoms with E-state index in [1.165, 1.54) is 46.3 Å². The van der Waals surface area contributed by atoms with Crippen molar-refractivity contribution < 1.29 is 0 Å². The minimum absolute atomic E-state index is 0.737. The summed E-state index contributed by atoms with van der Waals surface area (Å²) in [6.45, 7) is 1.98. The molecule has 0 bridgehead atoms. The fourth-order valence-corrected chi connectivity index (χ4v) is 4.36. The summed E-state index contributed by atoms with van der Waals surface area (Å²) in [6.07, 6.45) is 5.36. The van der Waals surface area contributed by atoms with Crippen LogP contribution < -0.4 is 10.2 Å². The minimum Gasteiger partial charge on any atom is -0.346 e. The number of hydrogen-bond acceptors (Lipinski definition) is 5. The summed E-state index contributed by atoms with van der Waals surface area (Å²) in [7, 11) is 2.16. The maximum Gasteiger partial charge on any atom is 0.185 e. The quantitative estimate of drug-likeness (QED) is 0.837. The van der Waals surface area contributed by atoms with Crippen LogP contribution >= 0.6 is 22.7 Å². The minimum atomic E-state index is 0.737. The van der Waals surface area contributed by atoms with Crippen molar-refractivity contribution in [1.29, 1.82) is 0 Å². The van der Waals surface area contributed by atoms with Crippen molar-refractivity contribution >= 4 is 27.8 Å². The number of nitrogens with zero attached hydrogens (tertiary/aromatic N) is 2. The van der Waals surface area contributed by atoms with Crippen LogP contribution in [0.25, 0.3) is 0 Å². The number of anilines is 1. The van der Waals surface area contributed by atoms with Crippen LogP contribution in [-0.4, -0.2) is 18.1 Å². The van der Waals surface area contributed by atoms with E-state index in [0.29, 0.717) is 0 Å². The molecule has 2 fully saturated rings. The maximum absolute atomic E-state index is 4.96. The molecule has 0 radical (unpaired) electrons. The Bertz CT molecular complexity index is 597. The summed E-state index contributed by atoms with van der Waals surface area (Å²) >= 11 is 3.71. The van der Waals surface area contributed by atoms with E-state index < -0.39 is 0 Å². The highest BCUT2D eigenvalue weighted by atomic mass is 32.1. The molecule has 1 N–H and O–H groups in total. The third-order valence-corrected chi connectivity index (χ3v) is 6.16. The molecule has 5 heteroatoms. The second-order valence-electron chi connectivity index (χ2n) is 6.17. The van der Waals surface area contributed by atoms with Crippen LogP contribution in [-0.2, 0) is 13.1 Å². The highest BCUT2D eigenvalue weighted by molar-refractivity contribution is 7.15. The molecule has 2 heterocycles. The molecule has 0 spiro atoms. The van der Waals surface area contributed by atoms with E-state index in [1.807, 2.05) is 22.7 Å². The lowest BCUT2D eigenvalue weighted by molar-refractivity contribution is 0.688. The molecule has 0 aromatic carbocycles. The predicted octanol–water partition coefficient (Wildman–Crippen LogP) is 3.97. The van der Waals surface area contributed by atoms with Crippen LogP contribution in [0, 0.1) is 0 Å². The first-order chi connectivity index (χ1) is 10.3. The van der Waals surface area contributed by atoms with Crippen LogP contribution in [0.4, 0.5) is 5.13 Å². The van der Waals surface area contributed by atoms with Crippen LogP contribution in [0.3, 0.4) is 0 Å².